The predicted molar refractivity (Wildman–Crippen MR) is 169 cm³/mol. The molecule has 1 aromatic rings. The van der Waals surface area contributed by atoms with E-state index in [1.165, 1.54) is 49.8 Å². The van der Waals surface area contributed by atoms with E-state index in [4.69, 9.17) is 4.74 Å². The second-order valence-corrected chi connectivity index (χ2v) is 11.9. The Labute approximate surface area is 243 Å². The minimum Gasteiger partial charge on any atom is -0.427 e. The Bertz CT molecular complexity index is 1090. The van der Waals surface area contributed by atoms with Gasteiger partial charge in [0.15, 0.2) is 0 Å². The molecule has 0 aromatic heterocycles. The molecule has 3 heteroatoms. The molecule has 3 atom stereocenters. The number of likely N-dealkylation sites (N-methyl/N-ethyl adjacent to an activating group) is 1. The number of esters is 1. The van der Waals surface area contributed by atoms with Gasteiger partial charge in [-0.2, -0.15) is 0 Å². The second-order valence-electron chi connectivity index (χ2n) is 11.9. The Morgan fingerprint density at radius 2 is 1.60 bits per heavy atom. The highest BCUT2D eigenvalue weighted by atomic mass is 16.5. The molecule has 2 aliphatic carbocycles. The molecule has 1 saturated carbocycles. The second kappa shape index (κ2) is 16.0. The summed E-state index contributed by atoms with van der Waals surface area (Å²) in [6.07, 6.45) is 37.1. The Kier molecular flexibility index (Phi) is 12.1. The van der Waals surface area contributed by atoms with Crippen molar-refractivity contribution < 1.29 is 9.53 Å². The number of allylic oxidation sites excluding steroid dienone is 10. The zero-order valence-corrected chi connectivity index (χ0v) is 25.0. The molecule has 1 saturated heterocycles. The van der Waals surface area contributed by atoms with Crippen LogP contribution in [0.1, 0.15) is 102 Å². The number of unbranched alkanes of at least 4 members (excludes halogenated alkanes) is 1. The number of hydrogen-bond acceptors (Lipinski definition) is 3. The molecule has 216 valence electrons. The summed E-state index contributed by atoms with van der Waals surface area (Å²) in [5.41, 5.74) is 3.27. The maximum absolute atomic E-state index is 12.6. The minimum absolute atomic E-state index is 0.109. The van der Waals surface area contributed by atoms with Crippen LogP contribution >= 0.6 is 0 Å². The van der Waals surface area contributed by atoms with Crippen LogP contribution < -0.4 is 4.74 Å². The first-order valence-electron chi connectivity index (χ1n) is 15.9. The van der Waals surface area contributed by atoms with Crippen LogP contribution in [-0.2, 0) is 16.6 Å². The fourth-order valence-electron chi connectivity index (χ4n) is 7.15. The monoisotopic (exact) mass is 541 g/mol. The van der Waals surface area contributed by atoms with E-state index in [1.807, 2.05) is 6.07 Å². The smallest absolute Gasteiger partial charge is 0.311 e. The lowest BCUT2D eigenvalue weighted by atomic mass is 9.52. The van der Waals surface area contributed by atoms with Gasteiger partial charge in [-0.1, -0.05) is 86.6 Å². The van der Waals surface area contributed by atoms with Crippen LogP contribution in [0.2, 0.25) is 0 Å². The van der Waals surface area contributed by atoms with E-state index in [1.54, 1.807) is 0 Å². The molecule has 1 aliphatic heterocycles. The van der Waals surface area contributed by atoms with Crippen LogP contribution in [0.5, 0.6) is 5.75 Å². The molecule has 4 rings (SSSR count). The molecule has 1 aromatic carbocycles. The zero-order valence-electron chi connectivity index (χ0n) is 25.0. The first-order valence-corrected chi connectivity index (χ1v) is 15.9. The van der Waals surface area contributed by atoms with Gasteiger partial charge in [-0.25, -0.2) is 0 Å². The fourth-order valence-corrected chi connectivity index (χ4v) is 7.15. The van der Waals surface area contributed by atoms with Gasteiger partial charge < -0.3 is 9.64 Å². The first-order chi connectivity index (χ1) is 19.6. The van der Waals surface area contributed by atoms with E-state index < -0.39 is 0 Å². The Hall–Kier alpha value is -2.65. The van der Waals surface area contributed by atoms with Crippen molar-refractivity contribution in [2.75, 3.05) is 13.6 Å². The number of fused-ring (bicyclic) bond motifs is 1. The third-order valence-corrected chi connectivity index (χ3v) is 9.23. The van der Waals surface area contributed by atoms with Gasteiger partial charge in [-0.05, 0) is 113 Å². The number of hydrogen-bond donors (Lipinski definition) is 0. The van der Waals surface area contributed by atoms with E-state index >= 15 is 0 Å². The van der Waals surface area contributed by atoms with Gasteiger partial charge in [0.1, 0.15) is 5.75 Å². The maximum atomic E-state index is 12.6. The summed E-state index contributed by atoms with van der Waals surface area (Å²) >= 11 is 0. The van der Waals surface area contributed by atoms with Crippen molar-refractivity contribution in [1.82, 2.24) is 4.90 Å². The van der Waals surface area contributed by atoms with Gasteiger partial charge in [0, 0.05) is 17.9 Å². The number of piperidine rings is 1. The van der Waals surface area contributed by atoms with E-state index in [0.717, 1.165) is 63.0 Å². The zero-order chi connectivity index (χ0) is 28.0. The summed E-state index contributed by atoms with van der Waals surface area (Å²) in [6, 6.07) is 7.17. The SMILES string of the molecule is CC/C=C\C/C=C\C/C=C\C/C=C\C/C=C\CCCC(=O)Oc1ccc2c(c1)[C@]13CCCC[C@@H]1[C@H](C2)N(C)CC3. The molecule has 2 bridgehead atoms. The maximum Gasteiger partial charge on any atom is 0.311 e. The number of benzene rings is 1. The molecule has 0 amide bonds. The molecule has 40 heavy (non-hydrogen) atoms. The van der Waals surface area contributed by atoms with Crippen molar-refractivity contribution >= 4 is 5.97 Å². The summed E-state index contributed by atoms with van der Waals surface area (Å²) in [6.45, 7) is 3.34. The number of rotatable bonds is 14. The molecular weight excluding hydrogens is 490 g/mol. The molecule has 2 fully saturated rings. The quantitative estimate of drug-likeness (QED) is 0.102. The summed E-state index contributed by atoms with van der Waals surface area (Å²) in [5, 5.41) is 0. The number of likely N-dealkylation sites (tertiary alicyclic amines) is 1. The molecule has 0 spiro atoms. The van der Waals surface area contributed by atoms with Crippen LogP contribution in [0, 0.1) is 5.92 Å². The van der Waals surface area contributed by atoms with Crippen molar-refractivity contribution in [2.24, 2.45) is 5.92 Å². The molecule has 0 unspecified atom stereocenters. The van der Waals surface area contributed by atoms with Crippen molar-refractivity contribution in [3.63, 3.8) is 0 Å². The molecule has 3 nitrogen and oxygen atoms in total. The highest BCUT2D eigenvalue weighted by molar-refractivity contribution is 5.72. The van der Waals surface area contributed by atoms with Crippen LogP contribution in [0.15, 0.2) is 79.0 Å². The average Bonchev–Trinajstić information content (AvgIpc) is 2.97. The van der Waals surface area contributed by atoms with E-state index in [2.05, 4.69) is 91.8 Å². The fraction of sp³-hybridized carbons (Fsp3) is 0.541. The van der Waals surface area contributed by atoms with Crippen molar-refractivity contribution in [1.29, 1.82) is 0 Å². The number of carbonyl (C=O) groups excluding carboxylic acids is 1. The van der Waals surface area contributed by atoms with Gasteiger partial charge in [0.25, 0.3) is 0 Å². The molecular formula is C37H51NO2. The van der Waals surface area contributed by atoms with Crippen molar-refractivity contribution in [2.45, 2.75) is 108 Å². The van der Waals surface area contributed by atoms with Gasteiger partial charge >= 0.3 is 5.97 Å². The van der Waals surface area contributed by atoms with E-state index in [0.29, 0.717) is 17.9 Å². The minimum atomic E-state index is -0.109. The van der Waals surface area contributed by atoms with E-state index in [-0.39, 0.29) is 5.97 Å². The van der Waals surface area contributed by atoms with Gasteiger partial charge in [-0.3, -0.25) is 4.79 Å². The first kappa shape index (κ1) is 30.3. The predicted octanol–water partition coefficient (Wildman–Crippen LogP) is 9.20. The van der Waals surface area contributed by atoms with Crippen LogP contribution in [0.3, 0.4) is 0 Å². The standard InChI is InChI=1S/C37H51NO2/c1-3-4-5-6-7-8-9-10-11-12-13-14-15-16-17-18-19-23-36(39)40-32-25-24-31-29-35-33-22-20-21-26-37(33,34(31)30-32)27-28-38(35)2/h4-5,7-8,10-11,13-14,16-17,24-25,30,33,35H,3,6,9,12,15,18-23,26-29H2,1-2H3/b5-4-,8-7-,11-10-,14-13-,17-16-/t33-,35+,37+/m1/s1. The summed E-state index contributed by atoms with van der Waals surface area (Å²) in [5.74, 6) is 1.39. The summed E-state index contributed by atoms with van der Waals surface area (Å²) in [7, 11) is 2.31. The lowest BCUT2D eigenvalue weighted by Gasteiger charge is -2.58. The van der Waals surface area contributed by atoms with Crippen LogP contribution in [-0.4, -0.2) is 30.5 Å². The number of ether oxygens (including phenoxy) is 1. The van der Waals surface area contributed by atoms with Gasteiger partial charge in [-0.15, -0.1) is 0 Å². The Balaban J connectivity index is 1.13. The number of nitrogens with zero attached hydrogens (tertiary/aromatic N) is 1. The highest BCUT2D eigenvalue weighted by Crippen LogP contribution is 2.55. The van der Waals surface area contributed by atoms with Crippen molar-refractivity contribution in [3.8, 4) is 5.75 Å². The summed E-state index contributed by atoms with van der Waals surface area (Å²) in [4.78, 5) is 15.2. The topological polar surface area (TPSA) is 29.5 Å². The normalized spacial score (nSPS) is 24.9. The van der Waals surface area contributed by atoms with E-state index in [9.17, 15) is 4.79 Å². The molecule has 0 radical (unpaired) electrons. The lowest BCUT2D eigenvalue weighted by Crippen LogP contribution is -2.59. The third kappa shape index (κ3) is 8.19. The summed E-state index contributed by atoms with van der Waals surface area (Å²) < 4.78 is 5.85. The Morgan fingerprint density at radius 1 is 0.925 bits per heavy atom. The largest absolute Gasteiger partial charge is 0.427 e. The highest BCUT2D eigenvalue weighted by Gasteiger charge is 2.53. The van der Waals surface area contributed by atoms with Crippen LogP contribution in [0.25, 0.3) is 0 Å². The lowest BCUT2D eigenvalue weighted by molar-refractivity contribution is -0.134. The van der Waals surface area contributed by atoms with Crippen LogP contribution in [0.4, 0.5) is 0 Å². The third-order valence-electron chi connectivity index (χ3n) is 9.23. The van der Waals surface area contributed by atoms with Crippen molar-refractivity contribution in [3.05, 3.63) is 90.1 Å². The molecule has 0 N–H and O–H groups in total. The number of carbonyl (C=O) groups is 1. The van der Waals surface area contributed by atoms with Gasteiger partial charge in [0.2, 0.25) is 0 Å². The molecule has 3 aliphatic rings. The average molecular weight is 542 g/mol. The molecule has 1 heterocycles. The Morgan fingerprint density at radius 3 is 2.30 bits per heavy atom. The van der Waals surface area contributed by atoms with Gasteiger partial charge in [0.05, 0.1) is 0 Å².